The molecule has 0 aliphatic carbocycles. The molecule has 0 bridgehead atoms. The second-order valence-corrected chi connectivity index (χ2v) is 4.55. The molecule has 4 nitrogen and oxygen atoms in total. The predicted molar refractivity (Wildman–Crippen MR) is 75.5 cm³/mol. The number of amides is 2. The molecule has 1 aromatic rings. The Labute approximate surface area is 114 Å². The van der Waals surface area contributed by atoms with Crippen LogP contribution in [0.4, 0.5) is 0 Å². The summed E-state index contributed by atoms with van der Waals surface area (Å²) in [6.07, 6.45) is 1.32. The van der Waals surface area contributed by atoms with Gasteiger partial charge in [-0.3, -0.25) is 9.59 Å². The number of carbonyl (C=O) groups excluding carboxylic acids is 2. The molecule has 0 heterocycles. The molecule has 0 radical (unpaired) electrons. The van der Waals surface area contributed by atoms with Crippen molar-refractivity contribution in [3.63, 3.8) is 0 Å². The monoisotopic (exact) mass is 262 g/mol. The highest BCUT2D eigenvalue weighted by Crippen LogP contribution is 2.17. The average molecular weight is 262 g/mol. The van der Waals surface area contributed by atoms with Crippen molar-refractivity contribution in [3.8, 4) is 0 Å². The number of nitrogens with two attached hydrogens (primary N) is 1. The molecular formula is C15H22N2O2. The lowest BCUT2D eigenvalue weighted by atomic mass is 9.97. The average Bonchev–Trinajstić information content (AvgIpc) is 2.40. The molecule has 104 valence electrons. The van der Waals surface area contributed by atoms with Gasteiger partial charge in [-0.1, -0.05) is 37.3 Å². The van der Waals surface area contributed by atoms with E-state index in [0.29, 0.717) is 19.5 Å². The van der Waals surface area contributed by atoms with Crippen molar-refractivity contribution in [2.75, 3.05) is 13.1 Å². The first-order valence-corrected chi connectivity index (χ1v) is 6.72. The second kappa shape index (κ2) is 7.56. The summed E-state index contributed by atoms with van der Waals surface area (Å²) in [5, 5.41) is 0. The highest BCUT2D eigenvalue weighted by Gasteiger charge is 2.22. The second-order valence-electron chi connectivity index (χ2n) is 4.55. The summed E-state index contributed by atoms with van der Waals surface area (Å²) in [4.78, 5) is 25.3. The van der Waals surface area contributed by atoms with E-state index < -0.39 is 11.8 Å². The predicted octanol–water partition coefficient (Wildman–Crippen LogP) is 1.90. The van der Waals surface area contributed by atoms with Gasteiger partial charge in [-0.25, -0.2) is 0 Å². The molecule has 4 heteroatoms. The van der Waals surface area contributed by atoms with Crippen LogP contribution in [0.1, 0.15) is 38.2 Å². The van der Waals surface area contributed by atoms with Gasteiger partial charge < -0.3 is 10.6 Å². The van der Waals surface area contributed by atoms with E-state index in [1.54, 1.807) is 4.90 Å². The van der Waals surface area contributed by atoms with Gasteiger partial charge in [0, 0.05) is 19.5 Å². The summed E-state index contributed by atoms with van der Waals surface area (Å²) >= 11 is 0. The van der Waals surface area contributed by atoms with Crippen molar-refractivity contribution in [2.24, 2.45) is 5.73 Å². The third kappa shape index (κ3) is 4.39. The van der Waals surface area contributed by atoms with Gasteiger partial charge in [-0.05, 0) is 18.9 Å². The number of hydrogen-bond donors (Lipinski definition) is 1. The summed E-state index contributed by atoms with van der Waals surface area (Å²) < 4.78 is 0. The maximum Gasteiger partial charge on any atom is 0.226 e. The van der Waals surface area contributed by atoms with Crippen molar-refractivity contribution >= 4 is 11.8 Å². The van der Waals surface area contributed by atoms with Gasteiger partial charge in [0.1, 0.15) is 0 Å². The van der Waals surface area contributed by atoms with Crippen molar-refractivity contribution < 1.29 is 9.59 Å². The fourth-order valence-corrected chi connectivity index (χ4v) is 2.04. The number of hydrogen-bond acceptors (Lipinski definition) is 2. The Balaban J connectivity index is 2.84. The van der Waals surface area contributed by atoms with Crippen molar-refractivity contribution in [1.29, 1.82) is 0 Å². The van der Waals surface area contributed by atoms with E-state index in [2.05, 4.69) is 0 Å². The zero-order valence-corrected chi connectivity index (χ0v) is 11.6. The molecule has 0 saturated heterocycles. The van der Waals surface area contributed by atoms with Gasteiger partial charge in [0.15, 0.2) is 0 Å². The van der Waals surface area contributed by atoms with Gasteiger partial charge >= 0.3 is 0 Å². The van der Waals surface area contributed by atoms with E-state index in [9.17, 15) is 9.59 Å². The molecule has 0 aliphatic heterocycles. The fourth-order valence-electron chi connectivity index (χ4n) is 2.04. The van der Waals surface area contributed by atoms with Crippen LogP contribution < -0.4 is 5.73 Å². The summed E-state index contributed by atoms with van der Waals surface area (Å²) in [5.74, 6) is -0.761. The minimum absolute atomic E-state index is 0.0761. The Bertz CT molecular complexity index is 417. The Morgan fingerprint density at radius 2 is 1.84 bits per heavy atom. The van der Waals surface area contributed by atoms with Crippen LogP contribution in [0.2, 0.25) is 0 Å². The van der Waals surface area contributed by atoms with Gasteiger partial charge in [0.05, 0.1) is 5.92 Å². The summed E-state index contributed by atoms with van der Waals surface area (Å²) in [7, 11) is 0. The van der Waals surface area contributed by atoms with E-state index in [4.69, 9.17) is 5.73 Å². The number of nitrogens with zero attached hydrogens (tertiary/aromatic N) is 1. The van der Waals surface area contributed by atoms with Gasteiger partial charge in [0.25, 0.3) is 0 Å². The van der Waals surface area contributed by atoms with Crippen LogP contribution in [0.15, 0.2) is 30.3 Å². The van der Waals surface area contributed by atoms with E-state index in [-0.39, 0.29) is 5.91 Å². The first kappa shape index (κ1) is 15.2. The topological polar surface area (TPSA) is 63.4 Å². The summed E-state index contributed by atoms with van der Waals surface area (Å²) in [6, 6.07) is 9.37. The van der Waals surface area contributed by atoms with E-state index in [1.807, 2.05) is 44.2 Å². The zero-order valence-electron chi connectivity index (χ0n) is 11.6. The Hall–Kier alpha value is -1.84. The number of rotatable bonds is 7. The molecule has 1 rings (SSSR count). The van der Waals surface area contributed by atoms with Crippen molar-refractivity contribution in [1.82, 2.24) is 4.90 Å². The minimum Gasteiger partial charge on any atom is -0.369 e. The van der Waals surface area contributed by atoms with E-state index >= 15 is 0 Å². The quantitative estimate of drug-likeness (QED) is 0.815. The molecule has 0 aromatic heterocycles. The molecule has 2 N–H and O–H groups in total. The highest BCUT2D eigenvalue weighted by molar-refractivity contribution is 5.83. The smallest absolute Gasteiger partial charge is 0.226 e. The maximum atomic E-state index is 11.9. The summed E-state index contributed by atoms with van der Waals surface area (Å²) in [6.45, 7) is 4.83. The Morgan fingerprint density at radius 1 is 1.21 bits per heavy atom. The maximum absolute atomic E-state index is 11.9. The van der Waals surface area contributed by atoms with Crippen LogP contribution in [-0.4, -0.2) is 29.8 Å². The van der Waals surface area contributed by atoms with Crippen LogP contribution in [0.3, 0.4) is 0 Å². The van der Waals surface area contributed by atoms with Crippen LogP contribution >= 0.6 is 0 Å². The minimum atomic E-state index is -0.443. The molecule has 0 aliphatic rings. The molecule has 19 heavy (non-hydrogen) atoms. The zero-order chi connectivity index (χ0) is 14.3. The fraction of sp³-hybridized carbons (Fsp3) is 0.467. The standard InChI is InChI=1S/C15H22N2O2/c1-3-8-14(18)17(4-2)11-13(15(16)19)12-9-6-5-7-10-12/h5-7,9-10,13H,3-4,8,11H2,1-2H3,(H2,16,19). The first-order chi connectivity index (χ1) is 9.10. The molecule has 1 unspecified atom stereocenters. The number of likely N-dealkylation sites (N-methyl/N-ethyl adjacent to an activating group) is 1. The molecule has 0 spiro atoms. The molecule has 2 amide bonds. The summed E-state index contributed by atoms with van der Waals surface area (Å²) in [5.41, 5.74) is 6.33. The molecule has 1 atom stereocenters. The van der Waals surface area contributed by atoms with Crippen LogP contribution in [0.5, 0.6) is 0 Å². The molecular weight excluding hydrogens is 240 g/mol. The SMILES string of the molecule is CCCC(=O)N(CC)CC(C(N)=O)c1ccccc1. The third-order valence-corrected chi connectivity index (χ3v) is 3.15. The highest BCUT2D eigenvalue weighted by atomic mass is 16.2. The van der Waals surface area contributed by atoms with Gasteiger partial charge in [0.2, 0.25) is 11.8 Å². The lowest BCUT2D eigenvalue weighted by molar-refractivity contribution is -0.132. The van der Waals surface area contributed by atoms with Crippen LogP contribution in [0, 0.1) is 0 Å². The normalized spacial score (nSPS) is 11.9. The largest absolute Gasteiger partial charge is 0.369 e. The number of carbonyl (C=O) groups is 2. The third-order valence-electron chi connectivity index (χ3n) is 3.15. The first-order valence-electron chi connectivity index (χ1n) is 6.72. The lowest BCUT2D eigenvalue weighted by Gasteiger charge is -2.25. The molecule has 0 fully saturated rings. The Kier molecular flexibility index (Phi) is 6.06. The molecule has 1 aromatic carbocycles. The lowest BCUT2D eigenvalue weighted by Crippen LogP contribution is -2.38. The Morgan fingerprint density at radius 3 is 2.32 bits per heavy atom. The number of benzene rings is 1. The van der Waals surface area contributed by atoms with E-state index in [1.165, 1.54) is 0 Å². The van der Waals surface area contributed by atoms with Gasteiger partial charge in [-0.15, -0.1) is 0 Å². The van der Waals surface area contributed by atoms with E-state index in [0.717, 1.165) is 12.0 Å². The molecule has 0 saturated carbocycles. The van der Waals surface area contributed by atoms with Crippen LogP contribution in [0.25, 0.3) is 0 Å². The van der Waals surface area contributed by atoms with Crippen molar-refractivity contribution in [2.45, 2.75) is 32.6 Å². The number of primary amides is 1. The van der Waals surface area contributed by atoms with Crippen molar-refractivity contribution in [3.05, 3.63) is 35.9 Å². The van der Waals surface area contributed by atoms with Crippen LogP contribution in [-0.2, 0) is 9.59 Å². The van der Waals surface area contributed by atoms with Gasteiger partial charge in [-0.2, -0.15) is 0 Å².